The Hall–Kier alpha value is -2.24. The van der Waals surface area contributed by atoms with E-state index in [2.05, 4.69) is 4.90 Å². The maximum absolute atomic E-state index is 13.5. The van der Waals surface area contributed by atoms with Crippen LogP contribution >= 0.6 is 23.4 Å². The van der Waals surface area contributed by atoms with Crippen LogP contribution in [0.3, 0.4) is 0 Å². The Morgan fingerprint density at radius 2 is 1.59 bits per heavy atom. The van der Waals surface area contributed by atoms with Gasteiger partial charge < -0.3 is 4.90 Å². The van der Waals surface area contributed by atoms with Crippen molar-refractivity contribution in [2.24, 2.45) is 0 Å². The van der Waals surface area contributed by atoms with Crippen molar-refractivity contribution in [1.29, 1.82) is 0 Å². The van der Waals surface area contributed by atoms with E-state index in [9.17, 15) is 9.59 Å². The van der Waals surface area contributed by atoms with Gasteiger partial charge in [0.25, 0.3) is 11.8 Å². The molecule has 2 heterocycles. The zero-order valence-electron chi connectivity index (χ0n) is 16.4. The number of nitrogens with zero attached hydrogens (tertiary/aromatic N) is 2. The third kappa shape index (κ3) is 4.07. The molecule has 2 aliphatic rings. The first-order chi connectivity index (χ1) is 14.1. The lowest BCUT2D eigenvalue weighted by atomic mass is 10.2. The zero-order valence-corrected chi connectivity index (χ0v) is 17.9. The molecule has 4 rings (SSSR count). The number of imide groups is 1. The van der Waals surface area contributed by atoms with Gasteiger partial charge in [-0.1, -0.05) is 54.4 Å². The lowest BCUT2D eigenvalue weighted by molar-refractivity contribution is -0.121. The smallest absolute Gasteiger partial charge is 0.283 e. The highest BCUT2D eigenvalue weighted by Gasteiger charge is 2.42. The molecule has 0 saturated carbocycles. The van der Waals surface area contributed by atoms with E-state index in [1.807, 2.05) is 37.3 Å². The van der Waals surface area contributed by atoms with Crippen LogP contribution in [0.15, 0.2) is 64.0 Å². The third-order valence-corrected chi connectivity index (χ3v) is 6.62. The van der Waals surface area contributed by atoms with Gasteiger partial charge in [-0.2, -0.15) is 0 Å². The average Bonchev–Trinajstić information content (AvgIpc) is 2.89. The van der Waals surface area contributed by atoms with Crippen LogP contribution in [0.25, 0.3) is 0 Å². The fourth-order valence-corrected chi connectivity index (χ4v) is 5.11. The number of hydrogen-bond donors (Lipinski definition) is 0. The molecule has 2 aromatic rings. The van der Waals surface area contributed by atoms with E-state index in [1.54, 1.807) is 18.2 Å². The molecule has 0 aliphatic carbocycles. The number of aryl methyl sites for hydroxylation is 1. The van der Waals surface area contributed by atoms with Gasteiger partial charge in [-0.05, 0) is 55.7 Å². The average molecular weight is 427 g/mol. The highest BCUT2D eigenvalue weighted by molar-refractivity contribution is 8.04. The molecule has 29 heavy (non-hydrogen) atoms. The van der Waals surface area contributed by atoms with Gasteiger partial charge in [0.05, 0.1) is 5.69 Å². The summed E-state index contributed by atoms with van der Waals surface area (Å²) < 4.78 is 0. The third-order valence-electron chi connectivity index (χ3n) is 5.30. The Bertz CT molecular complexity index is 966. The summed E-state index contributed by atoms with van der Waals surface area (Å²) in [6.07, 6.45) is 4.39. The van der Waals surface area contributed by atoms with E-state index < -0.39 is 0 Å². The summed E-state index contributed by atoms with van der Waals surface area (Å²) in [5.74, 6) is -0.491. The number of carbonyl (C=O) groups is 2. The molecule has 0 radical (unpaired) electrons. The summed E-state index contributed by atoms with van der Waals surface area (Å²) in [7, 11) is 0. The predicted octanol–water partition coefficient (Wildman–Crippen LogP) is 5.40. The Morgan fingerprint density at radius 1 is 0.897 bits per heavy atom. The van der Waals surface area contributed by atoms with Gasteiger partial charge in [0.1, 0.15) is 10.6 Å². The molecule has 0 spiro atoms. The van der Waals surface area contributed by atoms with Gasteiger partial charge in [0, 0.05) is 23.0 Å². The van der Waals surface area contributed by atoms with Gasteiger partial charge >= 0.3 is 0 Å². The van der Waals surface area contributed by atoms with Crippen molar-refractivity contribution in [1.82, 2.24) is 4.90 Å². The molecule has 1 saturated heterocycles. The van der Waals surface area contributed by atoms with E-state index in [0.717, 1.165) is 49.2 Å². The van der Waals surface area contributed by atoms with Gasteiger partial charge in [0.15, 0.2) is 0 Å². The van der Waals surface area contributed by atoms with Crippen molar-refractivity contribution in [2.75, 3.05) is 18.0 Å². The van der Waals surface area contributed by atoms with Crippen LogP contribution in [0.5, 0.6) is 0 Å². The maximum atomic E-state index is 13.5. The molecule has 0 unspecified atom stereocenters. The molecule has 0 bridgehead atoms. The highest BCUT2D eigenvalue weighted by atomic mass is 35.5. The van der Waals surface area contributed by atoms with Crippen molar-refractivity contribution in [2.45, 2.75) is 37.5 Å². The number of rotatable bonds is 4. The van der Waals surface area contributed by atoms with Crippen LogP contribution in [0, 0.1) is 6.92 Å². The minimum atomic E-state index is -0.256. The van der Waals surface area contributed by atoms with E-state index in [4.69, 9.17) is 11.6 Å². The normalized spacial score (nSPS) is 17.9. The van der Waals surface area contributed by atoms with Crippen LogP contribution in [0.4, 0.5) is 5.69 Å². The summed E-state index contributed by atoms with van der Waals surface area (Å²) >= 11 is 7.47. The van der Waals surface area contributed by atoms with Crippen molar-refractivity contribution in [3.8, 4) is 0 Å². The first kappa shape index (κ1) is 20.0. The summed E-state index contributed by atoms with van der Waals surface area (Å²) in [5, 5.41) is 0.588. The SMILES string of the molecule is Cc1cc(Cl)ccc1N1C(=O)C(Sc2ccccc2)=C(N2CCCCCC2)C1=O. The molecule has 4 nitrogen and oxygen atoms in total. The second-order valence-corrected chi connectivity index (χ2v) is 8.89. The van der Waals surface area contributed by atoms with Crippen LogP contribution in [-0.2, 0) is 9.59 Å². The number of halogens is 1. The molecule has 2 aliphatic heterocycles. The molecule has 2 amide bonds. The minimum absolute atomic E-state index is 0.235. The Balaban J connectivity index is 1.76. The van der Waals surface area contributed by atoms with Crippen molar-refractivity contribution in [3.63, 3.8) is 0 Å². The van der Waals surface area contributed by atoms with Crippen LogP contribution < -0.4 is 4.90 Å². The Kier molecular flexibility index (Phi) is 5.97. The van der Waals surface area contributed by atoms with Gasteiger partial charge in [-0.15, -0.1) is 0 Å². The molecule has 2 aromatic carbocycles. The van der Waals surface area contributed by atoms with Crippen LogP contribution in [0.1, 0.15) is 31.2 Å². The topological polar surface area (TPSA) is 40.6 Å². The molecule has 0 atom stereocenters. The second kappa shape index (κ2) is 8.64. The molecular weight excluding hydrogens is 404 g/mol. The predicted molar refractivity (Wildman–Crippen MR) is 118 cm³/mol. The summed E-state index contributed by atoms with van der Waals surface area (Å²) in [5.41, 5.74) is 1.95. The van der Waals surface area contributed by atoms with E-state index in [1.165, 1.54) is 16.7 Å². The van der Waals surface area contributed by atoms with E-state index >= 15 is 0 Å². The molecule has 6 heteroatoms. The Morgan fingerprint density at radius 3 is 2.24 bits per heavy atom. The Labute approximate surface area is 180 Å². The van der Waals surface area contributed by atoms with Crippen molar-refractivity contribution in [3.05, 3.63) is 69.7 Å². The highest BCUT2D eigenvalue weighted by Crippen LogP contribution is 2.40. The monoisotopic (exact) mass is 426 g/mol. The molecule has 1 fully saturated rings. The molecule has 0 N–H and O–H groups in total. The number of anilines is 1. The molecule has 150 valence electrons. The second-order valence-electron chi connectivity index (χ2n) is 7.37. The number of hydrogen-bond acceptors (Lipinski definition) is 4. The fourth-order valence-electron chi connectivity index (χ4n) is 3.86. The first-order valence-electron chi connectivity index (χ1n) is 9.93. The van der Waals surface area contributed by atoms with Gasteiger partial charge in [-0.25, -0.2) is 4.90 Å². The van der Waals surface area contributed by atoms with Crippen molar-refractivity contribution >= 4 is 40.9 Å². The number of likely N-dealkylation sites (tertiary alicyclic amines) is 1. The quantitative estimate of drug-likeness (QED) is 0.613. The minimum Gasteiger partial charge on any atom is -0.366 e. The summed E-state index contributed by atoms with van der Waals surface area (Å²) in [4.78, 5) is 31.9. The van der Waals surface area contributed by atoms with Crippen LogP contribution in [-0.4, -0.2) is 29.8 Å². The van der Waals surface area contributed by atoms with E-state index in [-0.39, 0.29) is 11.8 Å². The van der Waals surface area contributed by atoms with Gasteiger partial charge in [-0.3, -0.25) is 9.59 Å². The number of amides is 2. The van der Waals surface area contributed by atoms with Crippen LogP contribution in [0.2, 0.25) is 5.02 Å². The first-order valence-corrected chi connectivity index (χ1v) is 11.1. The summed E-state index contributed by atoms with van der Waals surface area (Å²) in [6.45, 7) is 3.48. The maximum Gasteiger partial charge on any atom is 0.283 e. The summed E-state index contributed by atoms with van der Waals surface area (Å²) in [6, 6.07) is 15.0. The van der Waals surface area contributed by atoms with Gasteiger partial charge in [0.2, 0.25) is 0 Å². The lowest BCUT2D eigenvalue weighted by Crippen LogP contribution is -2.36. The number of carbonyl (C=O) groups excluding carboxylic acids is 2. The number of benzene rings is 2. The fraction of sp³-hybridized carbons (Fsp3) is 0.304. The van der Waals surface area contributed by atoms with E-state index in [0.29, 0.717) is 21.3 Å². The largest absolute Gasteiger partial charge is 0.366 e. The molecule has 0 aromatic heterocycles. The zero-order chi connectivity index (χ0) is 20.4. The number of thioether (sulfide) groups is 1. The van der Waals surface area contributed by atoms with Crippen molar-refractivity contribution < 1.29 is 9.59 Å². The standard InChI is InChI=1S/C23H23ClN2O2S/c1-16-15-17(24)11-12-19(16)26-22(27)20(25-13-7-2-3-8-14-25)21(23(26)28)29-18-9-5-4-6-10-18/h4-6,9-12,15H,2-3,7-8,13-14H2,1H3. The lowest BCUT2D eigenvalue weighted by Gasteiger charge is -2.24. The molecular formula is C23H23ClN2O2S.